The number of hydrogen-bond acceptors (Lipinski definition) is 6. The molecule has 0 saturated carbocycles. The fourth-order valence-electron chi connectivity index (χ4n) is 3.10. The predicted octanol–water partition coefficient (Wildman–Crippen LogP) is -0.962. The summed E-state index contributed by atoms with van der Waals surface area (Å²) in [4.78, 5) is 60.1. The smallest absolute Gasteiger partial charge is 0.326 e. The van der Waals surface area contributed by atoms with Crippen LogP contribution in [0.2, 0.25) is 0 Å². The van der Waals surface area contributed by atoms with Crippen molar-refractivity contribution in [1.29, 1.82) is 0 Å². The van der Waals surface area contributed by atoms with E-state index >= 15 is 0 Å². The van der Waals surface area contributed by atoms with Crippen molar-refractivity contribution in [2.24, 2.45) is 17.4 Å². The molecule has 8 N–H and O–H groups in total. The number of carboxylic acids is 1. The second kappa shape index (κ2) is 13.8. The molecule has 11 heteroatoms. The highest BCUT2D eigenvalue weighted by Crippen LogP contribution is 2.09. The minimum absolute atomic E-state index is 0.0128. The average Bonchev–Trinajstić information content (AvgIpc) is 2.75. The lowest BCUT2D eigenvalue weighted by atomic mass is 10.0. The summed E-state index contributed by atoms with van der Waals surface area (Å²) in [6, 6.07) is 5.61. The summed E-state index contributed by atoms with van der Waals surface area (Å²) in [5.74, 6) is -3.88. The zero-order valence-electron chi connectivity index (χ0n) is 18.9. The normalized spacial score (nSPS) is 13.5. The molecule has 0 heterocycles. The quantitative estimate of drug-likeness (QED) is 0.204. The number of primary amides is 1. The molecule has 0 spiro atoms. The van der Waals surface area contributed by atoms with Crippen molar-refractivity contribution in [3.05, 3.63) is 35.9 Å². The molecule has 0 fully saturated rings. The summed E-state index contributed by atoms with van der Waals surface area (Å²) in [6.45, 7) is 3.37. The summed E-state index contributed by atoms with van der Waals surface area (Å²) in [5.41, 5.74) is 11.2. The van der Waals surface area contributed by atoms with Gasteiger partial charge in [0.2, 0.25) is 23.6 Å². The monoisotopic (exact) mass is 463 g/mol. The fraction of sp³-hybridized carbons (Fsp3) is 0.500. The summed E-state index contributed by atoms with van der Waals surface area (Å²) in [7, 11) is 0. The van der Waals surface area contributed by atoms with Gasteiger partial charge >= 0.3 is 5.97 Å². The van der Waals surface area contributed by atoms with Gasteiger partial charge in [0.1, 0.15) is 18.1 Å². The fourth-order valence-corrected chi connectivity index (χ4v) is 3.10. The third-order valence-electron chi connectivity index (χ3n) is 4.75. The SMILES string of the molecule is CC(C)CC(NC(=O)C(Cc1ccccc1)NC(=O)CN)C(=O)NC(CCC(N)=O)C(=O)O. The highest BCUT2D eigenvalue weighted by Gasteiger charge is 2.30. The number of nitrogens with one attached hydrogen (secondary N) is 3. The van der Waals surface area contributed by atoms with E-state index < -0.39 is 47.7 Å². The maximum Gasteiger partial charge on any atom is 0.326 e. The first-order chi connectivity index (χ1) is 15.5. The first-order valence-electron chi connectivity index (χ1n) is 10.7. The highest BCUT2D eigenvalue weighted by atomic mass is 16.4. The van der Waals surface area contributed by atoms with Gasteiger partial charge in [-0.3, -0.25) is 19.2 Å². The van der Waals surface area contributed by atoms with E-state index in [2.05, 4.69) is 16.0 Å². The molecule has 0 radical (unpaired) electrons. The van der Waals surface area contributed by atoms with Gasteiger partial charge in [-0.05, 0) is 24.3 Å². The number of hydrogen-bond donors (Lipinski definition) is 6. The molecule has 1 aromatic rings. The highest BCUT2D eigenvalue weighted by molar-refractivity contribution is 5.93. The Morgan fingerprint density at radius 3 is 2.00 bits per heavy atom. The minimum atomic E-state index is -1.34. The van der Waals surface area contributed by atoms with Crippen LogP contribution >= 0.6 is 0 Å². The summed E-state index contributed by atoms with van der Waals surface area (Å²) >= 11 is 0. The summed E-state index contributed by atoms with van der Waals surface area (Å²) < 4.78 is 0. The lowest BCUT2D eigenvalue weighted by Gasteiger charge is -2.25. The Morgan fingerprint density at radius 2 is 1.48 bits per heavy atom. The predicted molar refractivity (Wildman–Crippen MR) is 121 cm³/mol. The van der Waals surface area contributed by atoms with Crippen molar-refractivity contribution in [1.82, 2.24) is 16.0 Å². The number of carbonyl (C=O) groups is 5. The molecular formula is C22H33N5O6. The van der Waals surface area contributed by atoms with Gasteiger partial charge in [0.25, 0.3) is 0 Å². The van der Waals surface area contributed by atoms with E-state index in [0.717, 1.165) is 5.56 Å². The van der Waals surface area contributed by atoms with Gasteiger partial charge in [-0.15, -0.1) is 0 Å². The van der Waals surface area contributed by atoms with Gasteiger partial charge in [-0.1, -0.05) is 44.2 Å². The third kappa shape index (κ3) is 10.6. The second-order valence-corrected chi connectivity index (χ2v) is 8.11. The third-order valence-corrected chi connectivity index (χ3v) is 4.75. The van der Waals surface area contributed by atoms with Gasteiger partial charge in [-0.2, -0.15) is 0 Å². The molecule has 0 saturated heterocycles. The molecule has 0 bridgehead atoms. The topological polar surface area (TPSA) is 194 Å². The van der Waals surface area contributed by atoms with Crippen molar-refractivity contribution in [2.75, 3.05) is 6.54 Å². The van der Waals surface area contributed by atoms with E-state index in [1.165, 1.54) is 0 Å². The first kappa shape index (κ1) is 27.6. The van der Waals surface area contributed by atoms with Crippen molar-refractivity contribution < 1.29 is 29.1 Å². The van der Waals surface area contributed by atoms with Gasteiger partial charge in [0.05, 0.1) is 6.54 Å². The van der Waals surface area contributed by atoms with Crippen LogP contribution in [0.1, 0.15) is 38.7 Å². The summed E-state index contributed by atoms with van der Waals surface area (Å²) in [5, 5.41) is 16.9. The zero-order valence-corrected chi connectivity index (χ0v) is 18.9. The van der Waals surface area contributed by atoms with E-state index in [1.54, 1.807) is 24.3 Å². The van der Waals surface area contributed by atoms with Crippen molar-refractivity contribution in [3.8, 4) is 0 Å². The molecule has 0 aliphatic carbocycles. The molecule has 1 aromatic carbocycles. The van der Waals surface area contributed by atoms with E-state index in [4.69, 9.17) is 11.5 Å². The Hall–Kier alpha value is -3.47. The molecule has 1 rings (SSSR count). The Morgan fingerprint density at radius 1 is 0.909 bits per heavy atom. The molecule has 0 aliphatic heterocycles. The molecule has 182 valence electrons. The van der Waals surface area contributed by atoms with E-state index in [0.29, 0.717) is 0 Å². The van der Waals surface area contributed by atoms with Crippen LogP contribution in [0.25, 0.3) is 0 Å². The number of rotatable bonds is 14. The lowest BCUT2D eigenvalue weighted by molar-refractivity contribution is -0.142. The molecule has 3 atom stereocenters. The van der Waals surface area contributed by atoms with Crippen molar-refractivity contribution >= 4 is 29.6 Å². The van der Waals surface area contributed by atoms with E-state index in [1.807, 2.05) is 19.9 Å². The van der Waals surface area contributed by atoms with Gasteiger partial charge in [-0.25, -0.2) is 4.79 Å². The van der Waals surface area contributed by atoms with Crippen LogP contribution in [-0.2, 0) is 30.4 Å². The number of amides is 4. The largest absolute Gasteiger partial charge is 0.480 e. The van der Waals surface area contributed by atoms with Crippen LogP contribution in [0.3, 0.4) is 0 Å². The molecule has 0 aliphatic rings. The second-order valence-electron chi connectivity index (χ2n) is 8.11. The Bertz CT molecular complexity index is 830. The minimum Gasteiger partial charge on any atom is -0.480 e. The Balaban J connectivity index is 3.00. The maximum atomic E-state index is 13.0. The number of benzene rings is 1. The molecule has 33 heavy (non-hydrogen) atoms. The number of nitrogens with two attached hydrogens (primary N) is 2. The van der Waals surface area contributed by atoms with Crippen LogP contribution < -0.4 is 27.4 Å². The van der Waals surface area contributed by atoms with Crippen molar-refractivity contribution in [3.63, 3.8) is 0 Å². The summed E-state index contributed by atoms with van der Waals surface area (Å²) in [6.07, 6.45) is -0.00190. The number of carboxylic acid groups (broad SMARTS) is 1. The molecule has 4 amide bonds. The van der Waals surface area contributed by atoms with Crippen LogP contribution in [0.5, 0.6) is 0 Å². The van der Waals surface area contributed by atoms with Crippen LogP contribution in [0.4, 0.5) is 0 Å². The van der Waals surface area contributed by atoms with Gasteiger partial charge < -0.3 is 32.5 Å². The zero-order chi connectivity index (χ0) is 25.0. The average molecular weight is 464 g/mol. The van der Waals surface area contributed by atoms with Crippen molar-refractivity contribution in [2.45, 2.75) is 57.7 Å². The maximum absolute atomic E-state index is 13.0. The number of aliphatic carboxylic acids is 1. The molecule has 0 aromatic heterocycles. The van der Waals surface area contributed by atoms with Gasteiger partial charge in [0, 0.05) is 12.8 Å². The lowest BCUT2D eigenvalue weighted by Crippen LogP contribution is -2.57. The van der Waals surface area contributed by atoms with Crippen LogP contribution in [0, 0.1) is 5.92 Å². The van der Waals surface area contributed by atoms with E-state index in [-0.39, 0.29) is 38.1 Å². The molecular weight excluding hydrogens is 430 g/mol. The Labute approximate surface area is 192 Å². The van der Waals surface area contributed by atoms with Crippen LogP contribution in [0.15, 0.2) is 30.3 Å². The standard InChI is InChI=1S/C22H33N5O6/c1-13(2)10-16(20(30)26-15(22(32)33)8-9-18(24)28)27-21(31)17(25-19(29)12-23)11-14-6-4-3-5-7-14/h3-7,13,15-17H,8-12,23H2,1-2H3,(H2,24,28)(H,25,29)(H,26,30)(H,27,31)(H,32,33). The number of carbonyl (C=O) groups excluding carboxylic acids is 4. The Kier molecular flexibility index (Phi) is 11.6. The van der Waals surface area contributed by atoms with Crippen LogP contribution in [-0.4, -0.2) is 59.4 Å². The van der Waals surface area contributed by atoms with Gasteiger partial charge in [0.15, 0.2) is 0 Å². The van der Waals surface area contributed by atoms with E-state index in [9.17, 15) is 29.1 Å². The molecule has 3 unspecified atom stereocenters. The first-order valence-corrected chi connectivity index (χ1v) is 10.7. The molecule has 11 nitrogen and oxygen atoms in total.